The zero-order valence-electron chi connectivity index (χ0n) is 34.5. The van der Waals surface area contributed by atoms with E-state index >= 15 is 0 Å². The van der Waals surface area contributed by atoms with Gasteiger partial charge in [-0.05, 0) is 83.7 Å². The molecule has 0 bridgehead atoms. The molecule has 58 heavy (non-hydrogen) atoms. The van der Waals surface area contributed by atoms with Crippen molar-refractivity contribution >= 4 is 39.4 Å². The number of aliphatic carboxylic acids is 1. The molecule has 1 aromatic heterocycles. The topological polar surface area (TPSA) is 216 Å². The van der Waals surface area contributed by atoms with Crippen molar-refractivity contribution in [1.29, 1.82) is 0 Å². The van der Waals surface area contributed by atoms with Crippen LogP contribution in [0.25, 0.3) is 0 Å². The number of aliphatic hydroxyl groups excluding tert-OH is 1. The van der Waals surface area contributed by atoms with Crippen LogP contribution in [0.15, 0.2) is 69.6 Å². The van der Waals surface area contributed by atoms with Crippen molar-refractivity contribution in [2.24, 2.45) is 15.4 Å². The number of carbonyl (C=O) groups is 2. The van der Waals surface area contributed by atoms with Crippen molar-refractivity contribution in [2.45, 2.75) is 117 Å². The average molecular weight is 818 g/mol. The average Bonchev–Trinajstić information content (AvgIpc) is 3.48. The number of pyridine rings is 1. The number of hydrogen-bond acceptors (Lipinski definition) is 11. The summed E-state index contributed by atoms with van der Waals surface area (Å²) in [6, 6.07) is 1.85. The van der Waals surface area contributed by atoms with Gasteiger partial charge in [-0.15, -0.1) is 0 Å². The second-order valence-electron chi connectivity index (χ2n) is 16.8. The molecule has 5 N–H and O–H groups in total. The van der Waals surface area contributed by atoms with Gasteiger partial charge in [-0.2, -0.15) is 0 Å². The maximum Gasteiger partial charge on any atom is 0.327 e. The highest BCUT2D eigenvalue weighted by Gasteiger charge is 2.43. The Morgan fingerprint density at radius 1 is 1.02 bits per heavy atom. The Bertz CT molecular complexity index is 2230. The summed E-state index contributed by atoms with van der Waals surface area (Å²) in [5.74, 6) is 10.9. The van der Waals surface area contributed by atoms with Crippen LogP contribution in [-0.4, -0.2) is 97.9 Å². The fourth-order valence-corrected chi connectivity index (χ4v) is 7.09. The largest absolute Gasteiger partial charge is 0.748 e. The number of amidine groups is 1. The lowest BCUT2D eigenvalue weighted by molar-refractivity contribution is -0.690. The van der Waals surface area contributed by atoms with E-state index in [-0.39, 0.29) is 25.4 Å². The molecule has 14 nitrogen and oxygen atoms in total. The van der Waals surface area contributed by atoms with Crippen molar-refractivity contribution < 1.29 is 47.6 Å². The summed E-state index contributed by atoms with van der Waals surface area (Å²) >= 11 is 0. The van der Waals surface area contributed by atoms with Gasteiger partial charge < -0.3 is 35.2 Å². The number of fused-ring (bicyclic) bond motifs is 2. The van der Waals surface area contributed by atoms with Crippen LogP contribution in [0.1, 0.15) is 98.6 Å². The predicted molar refractivity (Wildman–Crippen MR) is 220 cm³/mol. The molecule has 312 valence electrons. The Hall–Kier alpha value is -4.90. The summed E-state index contributed by atoms with van der Waals surface area (Å²) in [6.45, 7) is 14.9. The molecule has 0 saturated heterocycles. The third-order valence-corrected chi connectivity index (χ3v) is 10.4. The zero-order chi connectivity index (χ0) is 43.3. The normalized spacial score (nSPS) is 18.2. The lowest BCUT2D eigenvalue weighted by Gasteiger charge is -2.29. The van der Waals surface area contributed by atoms with Gasteiger partial charge in [-0.1, -0.05) is 50.0 Å². The van der Waals surface area contributed by atoms with Gasteiger partial charge in [0.15, 0.2) is 5.71 Å². The number of hydrogen-bond donors (Lipinski definition) is 5. The third kappa shape index (κ3) is 12.8. The van der Waals surface area contributed by atoms with Crippen LogP contribution < -0.4 is 9.88 Å². The smallest absolute Gasteiger partial charge is 0.327 e. The first kappa shape index (κ1) is 45.8. The third-order valence-electron chi connectivity index (χ3n) is 9.60. The standard InChI is InChI=1S/C43H55N5O9S/c1-40(2,53)19-16-29-23-32-38(47(25-29)22-11-9-10-15-36(50)44-21-18-37(51)52)45-34(42(32,5)6)13-12-14-35-43(7,8)33-24-30(17-20-41(3,4)54)26-48(39(33)46-35)27-31(49)28-58(55,56)57/h12-14,23-26,31,49,53-54H,9-11,15,18,21-22,27-28H2,1-8H3,(H2-,44,50,51,52,55,56,57). The quantitative estimate of drug-likeness (QED) is 0.0754. The molecular weight excluding hydrogens is 763 g/mol. The van der Waals surface area contributed by atoms with Crippen molar-refractivity contribution in [3.05, 3.63) is 70.7 Å². The lowest BCUT2D eigenvalue weighted by atomic mass is 9.80. The van der Waals surface area contributed by atoms with Crippen molar-refractivity contribution in [3.8, 4) is 23.7 Å². The number of allylic oxidation sites excluding steroid dienone is 6. The van der Waals surface area contributed by atoms with Crippen LogP contribution in [0.4, 0.5) is 5.82 Å². The number of nitrogens with zero attached hydrogens (tertiary/aromatic N) is 4. The lowest BCUT2D eigenvalue weighted by Crippen LogP contribution is -2.43. The van der Waals surface area contributed by atoms with Gasteiger partial charge in [0.2, 0.25) is 5.91 Å². The van der Waals surface area contributed by atoms with E-state index in [1.165, 1.54) is 0 Å². The number of aliphatic imine (C=N–C) groups is 2. The van der Waals surface area contributed by atoms with Crippen LogP contribution in [0.3, 0.4) is 0 Å². The van der Waals surface area contributed by atoms with Gasteiger partial charge in [0.1, 0.15) is 35.9 Å². The Balaban J connectivity index is 1.61. The minimum Gasteiger partial charge on any atom is -0.748 e. The molecule has 0 radical (unpaired) electrons. The summed E-state index contributed by atoms with van der Waals surface area (Å²) in [7, 11) is -4.69. The van der Waals surface area contributed by atoms with E-state index < -0.39 is 50.0 Å². The number of carboxylic acid groups (broad SMARTS) is 1. The SMILES string of the molecule is CC(C)(O)C#CC1=CN(CCCCCC(=O)NCCC(=O)O)C2=N/C(=C\C=C\C3=Nc4c(cc(C#CC(C)(C)O)c[n+]4CC(O)CS(=O)(=O)[O-])C3(C)C)C(C)(C)C2=C1. The molecule has 0 aliphatic carbocycles. The molecule has 15 heteroatoms. The monoisotopic (exact) mass is 817 g/mol. The van der Waals surface area contributed by atoms with Gasteiger partial charge in [-0.25, -0.2) is 18.0 Å². The first-order valence-corrected chi connectivity index (χ1v) is 20.8. The molecule has 0 saturated carbocycles. The van der Waals surface area contributed by atoms with Gasteiger partial charge in [0.05, 0.1) is 44.5 Å². The molecule has 1 aromatic rings. The number of unbranched alkanes of at least 4 members (excludes halogenated alkanes) is 2. The molecule has 1 unspecified atom stereocenters. The molecule has 0 spiro atoms. The fraction of sp³-hybridized carbons (Fsp3) is 0.512. The molecule has 0 aromatic carbocycles. The van der Waals surface area contributed by atoms with Crippen molar-refractivity contribution in [1.82, 2.24) is 10.2 Å². The number of carboxylic acids is 1. The molecule has 3 aliphatic rings. The maximum atomic E-state index is 12.1. The van der Waals surface area contributed by atoms with Crippen LogP contribution >= 0.6 is 0 Å². The zero-order valence-corrected chi connectivity index (χ0v) is 35.3. The van der Waals surface area contributed by atoms with E-state index in [2.05, 4.69) is 42.8 Å². The molecule has 4 rings (SSSR count). The maximum absolute atomic E-state index is 12.1. The van der Waals surface area contributed by atoms with Gasteiger partial charge in [0, 0.05) is 42.3 Å². The van der Waals surface area contributed by atoms with Crippen LogP contribution in [-0.2, 0) is 31.7 Å². The Morgan fingerprint density at radius 2 is 1.69 bits per heavy atom. The summed E-state index contributed by atoms with van der Waals surface area (Å²) < 4.78 is 35.8. The van der Waals surface area contributed by atoms with E-state index in [0.29, 0.717) is 36.5 Å². The number of amides is 1. The second kappa shape index (κ2) is 17.9. The van der Waals surface area contributed by atoms with Crippen LogP contribution in [0.2, 0.25) is 0 Å². The van der Waals surface area contributed by atoms with Gasteiger partial charge in [-0.3, -0.25) is 9.59 Å². The van der Waals surface area contributed by atoms with Gasteiger partial charge >= 0.3 is 11.8 Å². The van der Waals surface area contributed by atoms with Crippen LogP contribution in [0, 0.1) is 29.1 Å². The van der Waals surface area contributed by atoms with E-state index in [1.54, 1.807) is 38.5 Å². The van der Waals surface area contributed by atoms with Gasteiger partial charge in [0.25, 0.3) is 0 Å². The Labute approximate surface area is 341 Å². The van der Waals surface area contributed by atoms with E-state index in [4.69, 9.17) is 15.1 Å². The number of aliphatic hydroxyl groups is 3. The molecule has 1 amide bonds. The summed E-state index contributed by atoms with van der Waals surface area (Å²) in [6.07, 6.45) is 12.0. The number of carbonyl (C=O) groups excluding carboxylic acids is 1. The van der Waals surface area contributed by atoms with E-state index in [1.807, 2.05) is 55.3 Å². The number of nitrogens with one attached hydrogen (secondary N) is 1. The van der Waals surface area contributed by atoms with E-state index in [0.717, 1.165) is 41.1 Å². The second-order valence-corrected chi connectivity index (χ2v) is 18.3. The molecule has 3 aliphatic heterocycles. The highest BCUT2D eigenvalue weighted by molar-refractivity contribution is 7.85. The van der Waals surface area contributed by atoms with Crippen molar-refractivity contribution in [3.63, 3.8) is 0 Å². The molecular formula is C43H55N5O9S. The summed E-state index contributed by atoms with van der Waals surface area (Å²) in [4.78, 5) is 34.9. The predicted octanol–water partition coefficient (Wildman–Crippen LogP) is 3.30. The molecule has 4 heterocycles. The number of aromatic nitrogens is 1. The summed E-state index contributed by atoms with van der Waals surface area (Å²) in [5.41, 5.74) is 0.750. The van der Waals surface area contributed by atoms with Crippen molar-refractivity contribution in [2.75, 3.05) is 18.8 Å². The first-order valence-electron chi connectivity index (χ1n) is 19.2. The van der Waals surface area contributed by atoms with E-state index in [9.17, 15) is 37.9 Å². The fourth-order valence-electron chi connectivity index (χ4n) is 6.51. The Kier molecular flexibility index (Phi) is 14.2. The first-order chi connectivity index (χ1) is 26.7. The Morgan fingerprint density at radius 3 is 2.33 bits per heavy atom. The number of rotatable bonds is 15. The molecule has 0 fully saturated rings. The molecule has 1 atom stereocenters. The highest BCUT2D eigenvalue weighted by Crippen LogP contribution is 2.45. The van der Waals surface area contributed by atoms with Crippen LogP contribution in [0.5, 0.6) is 0 Å². The highest BCUT2D eigenvalue weighted by atomic mass is 32.2. The minimum absolute atomic E-state index is 0.100. The minimum atomic E-state index is -4.69. The summed E-state index contributed by atoms with van der Waals surface area (Å²) in [5, 5.41) is 42.5.